The third-order valence-corrected chi connectivity index (χ3v) is 2.75. The minimum absolute atomic E-state index is 0.299. The van der Waals surface area contributed by atoms with E-state index >= 15 is 0 Å². The van der Waals surface area contributed by atoms with Crippen LogP contribution < -0.4 is 10.5 Å². The molecule has 21 heavy (non-hydrogen) atoms. The van der Waals surface area contributed by atoms with Gasteiger partial charge in [-0.25, -0.2) is 4.98 Å². The van der Waals surface area contributed by atoms with Crippen LogP contribution in [0.3, 0.4) is 0 Å². The van der Waals surface area contributed by atoms with Crippen LogP contribution in [0, 0.1) is 0 Å². The molecule has 7 heteroatoms. The number of benzene rings is 2. The van der Waals surface area contributed by atoms with E-state index in [0.29, 0.717) is 28.2 Å². The minimum Gasteiger partial charge on any atom is -0.436 e. The van der Waals surface area contributed by atoms with Gasteiger partial charge in [0.1, 0.15) is 11.3 Å². The van der Waals surface area contributed by atoms with E-state index in [1.165, 1.54) is 24.3 Å². The minimum atomic E-state index is -4.71. The maximum absolute atomic E-state index is 12.1. The van der Waals surface area contributed by atoms with E-state index in [-0.39, 0.29) is 5.75 Å². The average Bonchev–Trinajstić information content (AvgIpc) is 2.80. The van der Waals surface area contributed by atoms with Crippen molar-refractivity contribution in [3.63, 3.8) is 0 Å². The summed E-state index contributed by atoms with van der Waals surface area (Å²) in [7, 11) is 0. The number of fused-ring (bicyclic) bond motifs is 1. The number of hydrogen-bond acceptors (Lipinski definition) is 4. The first-order valence-electron chi connectivity index (χ1n) is 5.93. The number of nitrogens with two attached hydrogens (primary N) is 1. The fourth-order valence-electron chi connectivity index (χ4n) is 1.86. The van der Waals surface area contributed by atoms with Gasteiger partial charge < -0.3 is 14.9 Å². The van der Waals surface area contributed by atoms with Gasteiger partial charge in [0.05, 0.1) is 0 Å². The molecular weight excluding hydrogens is 285 g/mol. The van der Waals surface area contributed by atoms with Gasteiger partial charge in [0.15, 0.2) is 5.58 Å². The van der Waals surface area contributed by atoms with Crippen LogP contribution in [0.15, 0.2) is 46.9 Å². The molecule has 0 bridgehead atoms. The van der Waals surface area contributed by atoms with Crippen molar-refractivity contribution in [3.05, 3.63) is 42.5 Å². The second-order valence-electron chi connectivity index (χ2n) is 4.32. The first-order chi connectivity index (χ1) is 9.90. The maximum Gasteiger partial charge on any atom is 0.573 e. The molecule has 0 aliphatic heterocycles. The van der Waals surface area contributed by atoms with Crippen molar-refractivity contribution < 1.29 is 22.3 Å². The molecule has 0 aliphatic rings. The van der Waals surface area contributed by atoms with Crippen molar-refractivity contribution in [2.75, 3.05) is 5.73 Å². The van der Waals surface area contributed by atoms with Crippen LogP contribution in [0.1, 0.15) is 0 Å². The Bertz CT molecular complexity index is 779. The quantitative estimate of drug-likeness (QED) is 0.726. The van der Waals surface area contributed by atoms with Crippen molar-refractivity contribution in [1.82, 2.24) is 4.98 Å². The van der Waals surface area contributed by atoms with Gasteiger partial charge in [0, 0.05) is 17.3 Å². The van der Waals surface area contributed by atoms with Crippen LogP contribution in [0.5, 0.6) is 5.75 Å². The van der Waals surface area contributed by atoms with Gasteiger partial charge in [-0.15, -0.1) is 13.2 Å². The first-order valence-corrected chi connectivity index (χ1v) is 5.93. The lowest BCUT2D eigenvalue weighted by Crippen LogP contribution is -2.16. The highest BCUT2D eigenvalue weighted by Crippen LogP contribution is 2.28. The molecule has 3 rings (SSSR count). The summed E-state index contributed by atoms with van der Waals surface area (Å²) in [6.07, 6.45) is -4.71. The number of hydrogen-bond donors (Lipinski definition) is 1. The molecule has 0 amide bonds. The topological polar surface area (TPSA) is 61.3 Å². The highest BCUT2D eigenvalue weighted by atomic mass is 19.4. The van der Waals surface area contributed by atoms with Gasteiger partial charge in [-0.2, -0.15) is 0 Å². The first kappa shape index (κ1) is 13.3. The summed E-state index contributed by atoms with van der Waals surface area (Å²) >= 11 is 0. The van der Waals surface area contributed by atoms with Crippen LogP contribution >= 0.6 is 0 Å². The summed E-state index contributed by atoms with van der Waals surface area (Å²) in [5, 5.41) is 0. The Morgan fingerprint density at radius 1 is 1.05 bits per heavy atom. The van der Waals surface area contributed by atoms with Crippen molar-refractivity contribution in [1.29, 1.82) is 0 Å². The molecule has 0 unspecified atom stereocenters. The van der Waals surface area contributed by atoms with E-state index in [9.17, 15) is 13.2 Å². The lowest BCUT2D eigenvalue weighted by molar-refractivity contribution is -0.274. The average molecular weight is 294 g/mol. The van der Waals surface area contributed by atoms with Gasteiger partial charge in [0.2, 0.25) is 5.89 Å². The largest absolute Gasteiger partial charge is 0.573 e. The smallest absolute Gasteiger partial charge is 0.436 e. The van der Waals surface area contributed by atoms with Crippen LogP contribution in [-0.2, 0) is 0 Å². The fourth-order valence-corrected chi connectivity index (χ4v) is 1.86. The zero-order valence-electron chi connectivity index (χ0n) is 10.5. The van der Waals surface area contributed by atoms with E-state index in [0.717, 1.165) is 0 Å². The molecule has 0 radical (unpaired) electrons. The van der Waals surface area contributed by atoms with Crippen molar-refractivity contribution in [3.8, 4) is 17.2 Å². The van der Waals surface area contributed by atoms with Gasteiger partial charge in [0.25, 0.3) is 0 Å². The molecule has 0 spiro atoms. The van der Waals surface area contributed by atoms with Gasteiger partial charge in [-0.1, -0.05) is 0 Å². The number of halogens is 3. The molecule has 108 valence electrons. The van der Waals surface area contributed by atoms with Crippen LogP contribution in [0.4, 0.5) is 18.9 Å². The number of rotatable bonds is 2. The third-order valence-electron chi connectivity index (χ3n) is 2.75. The normalized spacial score (nSPS) is 11.8. The molecule has 2 N–H and O–H groups in total. The van der Waals surface area contributed by atoms with Gasteiger partial charge >= 0.3 is 6.36 Å². The summed E-state index contributed by atoms with van der Waals surface area (Å²) in [6, 6.07) is 10.3. The highest BCUT2D eigenvalue weighted by molar-refractivity contribution is 5.79. The van der Waals surface area contributed by atoms with Gasteiger partial charge in [-0.05, 0) is 36.4 Å². The van der Waals surface area contributed by atoms with E-state index in [1.807, 2.05) is 0 Å². The second kappa shape index (κ2) is 4.69. The number of alkyl halides is 3. The zero-order chi connectivity index (χ0) is 15.0. The molecule has 2 aromatic carbocycles. The Morgan fingerprint density at radius 3 is 2.43 bits per heavy atom. The molecule has 0 fully saturated rings. The van der Waals surface area contributed by atoms with Crippen LogP contribution in [-0.4, -0.2) is 11.3 Å². The number of ether oxygens (including phenoxy) is 1. The van der Waals surface area contributed by atoms with E-state index in [4.69, 9.17) is 10.2 Å². The number of nitrogens with zero attached hydrogens (tertiary/aromatic N) is 1. The molecule has 0 saturated carbocycles. The van der Waals surface area contributed by atoms with Crippen molar-refractivity contribution in [2.45, 2.75) is 6.36 Å². The Labute approximate surface area is 116 Å². The van der Waals surface area contributed by atoms with Crippen molar-refractivity contribution >= 4 is 16.8 Å². The fraction of sp³-hybridized carbons (Fsp3) is 0.0714. The molecule has 1 heterocycles. The Balaban J connectivity index is 1.91. The second-order valence-corrected chi connectivity index (χ2v) is 4.32. The Morgan fingerprint density at radius 2 is 1.76 bits per heavy atom. The number of aromatic nitrogens is 1. The number of anilines is 1. The van der Waals surface area contributed by atoms with E-state index < -0.39 is 6.36 Å². The van der Waals surface area contributed by atoms with E-state index in [1.54, 1.807) is 18.2 Å². The third kappa shape index (κ3) is 2.91. The standard InChI is InChI=1S/C14H9F3N2O2/c15-14(16,17)21-10-4-1-8(2-5-10)13-19-11-6-3-9(18)7-12(11)20-13/h1-7H,18H2. The van der Waals surface area contributed by atoms with Crippen LogP contribution in [0.2, 0.25) is 0 Å². The highest BCUT2D eigenvalue weighted by Gasteiger charge is 2.31. The Kier molecular flexibility index (Phi) is 2.97. The lowest BCUT2D eigenvalue weighted by atomic mass is 10.2. The molecule has 0 aliphatic carbocycles. The lowest BCUT2D eigenvalue weighted by Gasteiger charge is -2.08. The number of nitrogen functional groups attached to an aromatic ring is 1. The predicted octanol–water partition coefficient (Wildman–Crippen LogP) is 3.98. The molecule has 3 aromatic rings. The van der Waals surface area contributed by atoms with Gasteiger partial charge in [-0.3, -0.25) is 0 Å². The molecule has 0 saturated heterocycles. The van der Waals surface area contributed by atoms with Crippen molar-refractivity contribution in [2.24, 2.45) is 0 Å². The van der Waals surface area contributed by atoms with Crippen LogP contribution in [0.25, 0.3) is 22.6 Å². The Hall–Kier alpha value is -2.70. The summed E-state index contributed by atoms with van der Waals surface area (Å²) in [4.78, 5) is 4.24. The van der Waals surface area contributed by atoms with E-state index in [2.05, 4.69) is 9.72 Å². The SMILES string of the molecule is Nc1ccc2nc(-c3ccc(OC(F)(F)F)cc3)oc2c1. The summed E-state index contributed by atoms with van der Waals surface area (Å²) in [5.74, 6) is 0.000708. The maximum atomic E-state index is 12.1. The summed E-state index contributed by atoms with van der Waals surface area (Å²) in [6.45, 7) is 0. The zero-order valence-corrected chi connectivity index (χ0v) is 10.5. The molecule has 4 nitrogen and oxygen atoms in total. The monoisotopic (exact) mass is 294 g/mol. The molecular formula is C14H9F3N2O2. The molecule has 1 aromatic heterocycles. The summed E-state index contributed by atoms with van der Waals surface area (Å²) in [5.41, 5.74) is 7.86. The predicted molar refractivity (Wildman–Crippen MR) is 70.5 cm³/mol. The summed E-state index contributed by atoms with van der Waals surface area (Å²) < 4.78 is 45.6. The number of oxazole rings is 1. The molecule has 0 atom stereocenters.